The molecule has 1 saturated heterocycles. The Balaban J connectivity index is 2.02. The van der Waals surface area contributed by atoms with E-state index in [9.17, 15) is 4.79 Å². The van der Waals surface area contributed by atoms with Gasteiger partial charge in [0.15, 0.2) is 0 Å². The smallest absolute Gasteiger partial charge is 0.264 e. The number of thiophene rings is 1. The summed E-state index contributed by atoms with van der Waals surface area (Å²) in [6, 6.07) is 1.89. The third-order valence-electron chi connectivity index (χ3n) is 2.57. The molecule has 1 aromatic rings. The summed E-state index contributed by atoms with van der Waals surface area (Å²) in [6.07, 6.45) is 0. The van der Waals surface area contributed by atoms with E-state index in [2.05, 4.69) is 27.9 Å². The molecule has 0 radical (unpaired) electrons. The van der Waals surface area contributed by atoms with Crippen molar-refractivity contribution < 1.29 is 4.79 Å². The van der Waals surface area contributed by atoms with Crippen LogP contribution in [0.5, 0.6) is 0 Å². The molecule has 0 saturated carbocycles. The first-order chi connectivity index (χ1) is 7.16. The monoisotopic (exact) mass is 288 g/mol. The molecule has 0 aromatic carbocycles. The molecule has 1 aliphatic heterocycles. The third kappa shape index (κ3) is 2.59. The molecule has 15 heavy (non-hydrogen) atoms. The van der Waals surface area contributed by atoms with E-state index >= 15 is 0 Å². The van der Waals surface area contributed by atoms with Crippen molar-refractivity contribution in [1.82, 2.24) is 9.80 Å². The van der Waals surface area contributed by atoms with Gasteiger partial charge < -0.3 is 9.80 Å². The number of amides is 1. The van der Waals surface area contributed by atoms with E-state index in [0.29, 0.717) is 0 Å². The largest absolute Gasteiger partial charge is 0.335 e. The van der Waals surface area contributed by atoms with Gasteiger partial charge in [-0.05, 0) is 29.0 Å². The summed E-state index contributed by atoms with van der Waals surface area (Å²) < 4.78 is 0.991. The van der Waals surface area contributed by atoms with Crippen molar-refractivity contribution >= 4 is 33.2 Å². The standard InChI is InChI=1S/C10H13BrN2OS/c1-12-2-4-13(5-3-12)10(14)9-6-8(11)7-15-9/h6-7H,2-5H2,1H3. The van der Waals surface area contributed by atoms with E-state index in [1.54, 1.807) is 0 Å². The van der Waals surface area contributed by atoms with Crippen molar-refractivity contribution in [2.24, 2.45) is 0 Å². The zero-order valence-corrected chi connectivity index (χ0v) is 11.0. The topological polar surface area (TPSA) is 23.6 Å². The average molecular weight is 289 g/mol. The maximum atomic E-state index is 12.0. The lowest BCUT2D eigenvalue weighted by atomic mass is 10.3. The van der Waals surface area contributed by atoms with Gasteiger partial charge in [0.05, 0.1) is 4.88 Å². The summed E-state index contributed by atoms with van der Waals surface area (Å²) in [7, 11) is 2.09. The quantitative estimate of drug-likeness (QED) is 0.788. The van der Waals surface area contributed by atoms with Crippen molar-refractivity contribution in [2.45, 2.75) is 0 Å². The van der Waals surface area contributed by atoms with Gasteiger partial charge in [-0.3, -0.25) is 4.79 Å². The molecule has 1 amide bonds. The Hall–Kier alpha value is -0.390. The van der Waals surface area contributed by atoms with Crippen molar-refractivity contribution in [3.05, 3.63) is 20.8 Å². The predicted molar refractivity (Wildman–Crippen MR) is 65.4 cm³/mol. The van der Waals surface area contributed by atoms with Crippen LogP contribution in [0.1, 0.15) is 9.67 Å². The summed E-state index contributed by atoms with van der Waals surface area (Å²) in [5, 5.41) is 1.95. The SMILES string of the molecule is CN1CCN(C(=O)c2cc(Br)cs2)CC1. The van der Waals surface area contributed by atoms with E-state index in [0.717, 1.165) is 35.5 Å². The number of carbonyl (C=O) groups excluding carboxylic acids is 1. The lowest BCUT2D eigenvalue weighted by Gasteiger charge is -2.32. The van der Waals surface area contributed by atoms with Crippen molar-refractivity contribution in [2.75, 3.05) is 33.2 Å². The molecule has 2 heterocycles. The number of likely N-dealkylation sites (N-methyl/N-ethyl adjacent to an activating group) is 1. The molecule has 0 N–H and O–H groups in total. The van der Waals surface area contributed by atoms with Crippen LogP contribution in [0.25, 0.3) is 0 Å². The van der Waals surface area contributed by atoms with Crippen LogP contribution in [0.15, 0.2) is 15.9 Å². The molecule has 0 aliphatic carbocycles. The third-order valence-corrected chi connectivity index (χ3v) is 4.25. The van der Waals surface area contributed by atoms with Crippen molar-refractivity contribution in [1.29, 1.82) is 0 Å². The lowest BCUT2D eigenvalue weighted by Crippen LogP contribution is -2.46. The van der Waals surface area contributed by atoms with Gasteiger partial charge in [0.2, 0.25) is 0 Å². The number of rotatable bonds is 1. The Morgan fingerprint density at radius 3 is 2.60 bits per heavy atom. The van der Waals surface area contributed by atoms with Crippen molar-refractivity contribution in [3.8, 4) is 0 Å². The van der Waals surface area contributed by atoms with Crippen LogP contribution >= 0.6 is 27.3 Å². The number of halogens is 1. The molecule has 0 unspecified atom stereocenters. The molecule has 1 fully saturated rings. The number of hydrogen-bond acceptors (Lipinski definition) is 3. The highest BCUT2D eigenvalue weighted by Gasteiger charge is 2.21. The molecule has 0 bridgehead atoms. The van der Waals surface area contributed by atoms with Gasteiger partial charge in [0.1, 0.15) is 0 Å². The summed E-state index contributed by atoms with van der Waals surface area (Å²) in [4.78, 5) is 17.0. The highest BCUT2D eigenvalue weighted by molar-refractivity contribution is 9.10. The highest BCUT2D eigenvalue weighted by Crippen LogP contribution is 2.21. The Morgan fingerprint density at radius 2 is 2.07 bits per heavy atom. The molecule has 0 spiro atoms. The van der Waals surface area contributed by atoms with E-state index in [1.807, 2.05) is 16.3 Å². The van der Waals surface area contributed by atoms with Gasteiger partial charge in [-0.1, -0.05) is 0 Å². The zero-order chi connectivity index (χ0) is 10.8. The first-order valence-electron chi connectivity index (χ1n) is 4.88. The summed E-state index contributed by atoms with van der Waals surface area (Å²) >= 11 is 4.87. The number of hydrogen-bond donors (Lipinski definition) is 0. The normalized spacial score (nSPS) is 18.1. The fraction of sp³-hybridized carbons (Fsp3) is 0.500. The summed E-state index contributed by atoms with van der Waals surface area (Å²) in [5.74, 6) is 0.166. The Kier molecular flexibility index (Phi) is 3.43. The first-order valence-corrected chi connectivity index (χ1v) is 6.56. The van der Waals surface area contributed by atoms with Gasteiger partial charge in [-0.25, -0.2) is 0 Å². The summed E-state index contributed by atoms with van der Waals surface area (Å²) in [6.45, 7) is 3.62. The zero-order valence-electron chi connectivity index (χ0n) is 8.57. The number of nitrogens with zero attached hydrogens (tertiary/aromatic N) is 2. The molecule has 1 aliphatic rings. The second-order valence-electron chi connectivity index (χ2n) is 3.72. The van der Waals surface area contributed by atoms with Gasteiger partial charge in [-0.15, -0.1) is 11.3 Å². The van der Waals surface area contributed by atoms with Gasteiger partial charge >= 0.3 is 0 Å². The van der Waals surface area contributed by atoms with Crippen molar-refractivity contribution in [3.63, 3.8) is 0 Å². The molecular weight excluding hydrogens is 276 g/mol. The Labute approximate surface area is 102 Å². The molecule has 1 aromatic heterocycles. The predicted octanol–water partition coefficient (Wildman–Crippen LogP) is 1.90. The fourth-order valence-corrected chi connectivity index (χ4v) is 2.98. The van der Waals surface area contributed by atoms with Crippen LogP contribution in [0.4, 0.5) is 0 Å². The van der Waals surface area contributed by atoms with Crippen LogP contribution in [-0.2, 0) is 0 Å². The molecule has 0 atom stereocenters. The second-order valence-corrected chi connectivity index (χ2v) is 5.55. The Bertz CT molecular complexity index is 358. The average Bonchev–Trinajstić information content (AvgIpc) is 2.65. The van der Waals surface area contributed by atoms with Crippen LogP contribution in [0.2, 0.25) is 0 Å². The second kappa shape index (κ2) is 4.63. The van der Waals surface area contributed by atoms with E-state index in [4.69, 9.17) is 0 Å². The lowest BCUT2D eigenvalue weighted by molar-refractivity contribution is 0.0669. The number of carbonyl (C=O) groups is 1. The minimum Gasteiger partial charge on any atom is -0.335 e. The van der Waals surface area contributed by atoms with E-state index < -0.39 is 0 Å². The fourth-order valence-electron chi connectivity index (χ4n) is 1.59. The minimum absolute atomic E-state index is 0.166. The minimum atomic E-state index is 0.166. The van der Waals surface area contributed by atoms with E-state index in [-0.39, 0.29) is 5.91 Å². The van der Waals surface area contributed by atoms with Crippen LogP contribution in [0.3, 0.4) is 0 Å². The molecule has 3 nitrogen and oxygen atoms in total. The summed E-state index contributed by atoms with van der Waals surface area (Å²) in [5.41, 5.74) is 0. The maximum absolute atomic E-state index is 12.0. The molecule has 5 heteroatoms. The van der Waals surface area contributed by atoms with Crippen LogP contribution in [0, 0.1) is 0 Å². The maximum Gasteiger partial charge on any atom is 0.264 e. The van der Waals surface area contributed by atoms with Crippen LogP contribution in [-0.4, -0.2) is 48.9 Å². The van der Waals surface area contributed by atoms with Gasteiger partial charge in [0.25, 0.3) is 5.91 Å². The van der Waals surface area contributed by atoms with E-state index in [1.165, 1.54) is 11.3 Å². The van der Waals surface area contributed by atoms with Gasteiger partial charge in [-0.2, -0.15) is 0 Å². The highest BCUT2D eigenvalue weighted by atomic mass is 79.9. The molecule has 82 valence electrons. The van der Waals surface area contributed by atoms with Crippen LogP contribution < -0.4 is 0 Å². The Morgan fingerprint density at radius 1 is 1.40 bits per heavy atom. The molecule has 2 rings (SSSR count). The van der Waals surface area contributed by atoms with Gasteiger partial charge in [0, 0.05) is 36.0 Å². The first kappa shape index (κ1) is 11.1. The molecular formula is C10H13BrN2OS. The number of piperazine rings is 1.